The molecule has 0 fully saturated rings. The average molecular weight is 208 g/mol. The summed E-state index contributed by atoms with van der Waals surface area (Å²) in [7, 11) is 0. The number of hydrazine groups is 1. The largest absolute Gasteiger partial charge is 0.484 e. The molecular weight excluding hydrogens is 196 g/mol. The zero-order chi connectivity index (χ0) is 11.3. The molecule has 0 aliphatic rings. The lowest BCUT2D eigenvalue weighted by Gasteiger charge is -2.05. The van der Waals surface area contributed by atoms with Gasteiger partial charge in [-0.15, -0.1) is 0 Å². The van der Waals surface area contributed by atoms with Crippen LogP contribution in [0.1, 0.15) is 17.3 Å². The molecule has 0 unspecified atom stereocenters. The normalized spacial score (nSPS) is 9.47. The minimum atomic E-state index is -0.428. The second-order valence-corrected chi connectivity index (χ2v) is 2.94. The molecule has 15 heavy (non-hydrogen) atoms. The predicted molar refractivity (Wildman–Crippen MR) is 54.3 cm³/mol. The van der Waals surface area contributed by atoms with Gasteiger partial charge >= 0.3 is 0 Å². The van der Waals surface area contributed by atoms with Crippen molar-refractivity contribution < 1.29 is 14.3 Å². The Hall–Kier alpha value is -1.88. The van der Waals surface area contributed by atoms with Gasteiger partial charge in [0, 0.05) is 5.56 Å². The van der Waals surface area contributed by atoms with Gasteiger partial charge in [0.05, 0.1) is 0 Å². The molecule has 5 heteroatoms. The van der Waals surface area contributed by atoms with Crippen molar-refractivity contribution in [3.63, 3.8) is 0 Å². The minimum Gasteiger partial charge on any atom is -0.484 e. The summed E-state index contributed by atoms with van der Waals surface area (Å²) < 4.78 is 5.11. The van der Waals surface area contributed by atoms with Gasteiger partial charge in [-0.1, -0.05) is 12.1 Å². The zero-order valence-corrected chi connectivity index (χ0v) is 8.32. The van der Waals surface area contributed by atoms with Crippen LogP contribution in [0.2, 0.25) is 0 Å². The lowest BCUT2D eigenvalue weighted by Crippen LogP contribution is -2.34. The highest BCUT2D eigenvalue weighted by atomic mass is 16.5. The highest BCUT2D eigenvalue weighted by Gasteiger charge is 2.03. The van der Waals surface area contributed by atoms with Crippen LogP contribution in [0.3, 0.4) is 0 Å². The molecule has 1 rings (SSSR count). The van der Waals surface area contributed by atoms with E-state index >= 15 is 0 Å². The first-order valence-corrected chi connectivity index (χ1v) is 4.36. The van der Waals surface area contributed by atoms with Crippen LogP contribution in [-0.2, 0) is 4.79 Å². The molecular formula is C10H12N2O3. The van der Waals surface area contributed by atoms with E-state index < -0.39 is 5.91 Å². The number of Topliss-reactive ketones (excluding diaryl/α,β-unsaturated/α-hetero) is 1. The van der Waals surface area contributed by atoms with Gasteiger partial charge in [0.1, 0.15) is 5.75 Å². The maximum Gasteiger partial charge on any atom is 0.271 e. The van der Waals surface area contributed by atoms with Crippen LogP contribution in [0.15, 0.2) is 24.3 Å². The number of carbonyl (C=O) groups is 2. The third-order valence-electron chi connectivity index (χ3n) is 1.77. The standard InChI is InChI=1S/C10H12N2O3/c1-7(13)8-3-2-4-9(5-8)15-6-10(14)12-11/h2-5H,6,11H2,1H3,(H,12,14). The molecule has 0 aliphatic carbocycles. The number of ketones is 1. The number of nitrogens with one attached hydrogen (secondary N) is 1. The van der Waals surface area contributed by atoms with E-state index in [2.05, 4.69) is 0 Å². The summed E-state index contributed by atoms with van der Waals surface area (Å²) in [6.45, 7) is 1.30. The third kappa shape index (κ3) is 3.40. The number of hydrogen-bond acceptors (Lipinski definition) is 4. The van der Waals surface area contributed by atoms with E-state index in [9.17, 15) is 9.59 Å². The van der Waals surface area contributed by atoms with E-state index in [1.165, 1.54) is 6.92 Å². The molecule has 0 saturated heterocycles. The summed E-state index contributed by atoms with van der Waals surface area (Å²) in [6, 6.07) is 6.60. The lowest BCUT2D eigenvalue weighted by atomic mass is 10.1. The van der Waals surface area contributed by atoms with E-state index in [4.69, 9.17) is 10.6 Å². The molecule has 0 radical (unpaired) electrons. The molecule has 1 amide bonds. The summed E-state index contributed by atoms with van der Waals surface area (Å²) >= 11 is 0. The summed E-state index contributed by atoms with van der Waals surface area (Å²) in [5.74, 6) is 4.87. The number of ether oxygens (including phenoxy) is 1. The molecule has 3 N–H and O–H groups in total. The van der Waals surface area contributed by atoms with Crippen molar-refractivity contribution in [2.75, 3.05) is 6.61 Å². The Labute approximate surface area is 87.2 Å². The summed E-state index contributed by atoms with van der Waals surface area (Å²) in [5, 5.41) is 0. The molecule has 0 heterocycles. The van der Waals surface area contributed by atoms with Gasteiger partial charge in [-0.05, 0) is 19.1 Å². The fourth-order valence-corrected chi connectivity index (χ4v) is 0.995. The van der Waals surface area contributed by atoms with E-state index in [1.54, 1.807) is 24.3 Å². The van der Waals surface area contributed by atoms with Gasteiger partial charge in [0.2, 0.25) is 0 Å². The van der Waals surface area contributed by atoms with Gasteiger partial charge in [0.15, 0.2) is 12.4 Å². The fraction of sp³-hybridized carbons (Fsp3) is 0.200. The zero-order valence-electron chi connectivity index (χ0n) is 8.32. The highest BCUT2D eigenvalue weighted by Crippen LogP contribution is 2.13. The van der Waals surface area contributed by atoms with Gasteiger partial charge < -0.3 is 4.74 Å². The van der Waals surface area contributed by atoms with Crippen molar-refractivity contribution in [1.29, 1.82) is 0 Å². The molecule has 0 atom stereocenters. The second kappa shape index (κ2) is 5.11. The number of amides is 1. The topological polar surface area (TPSA) is 81.4 Å². The summed E-state index contributed by atoms with van der Waals surface area (Å²) in [5.41, 5.74) is 2.48. The van der Waals surface area contributed by atoms with E-state index in [1.807, 2.05) is 5.43 Å². The highest BCUT2D eigenvalue weighted by molar-refractivity contribution is 5.94. The minimum absolute atomic E-state index is 0.0521. The summed E-state index contributed by atoms with van der Waals surface area (Å²) in [6.07, 6.45) is 0. The molecule has 1 aromatic carbocycles. The lowest BCUT2D eigenvalue weighted by molar-refractivity contribution is -0.123. The van der Waals surface area contributed by atoms with Crippen LogP contribution in [-0.4, -0.2) is 18.3 Å². The summed E-state index contributed by atoms with van der Waals surface area (Å²) in [4.78, 5) is 21.8. The van der Waals surface area contributed by atoms with Crippen LogP contribution in [0, 0.1) is 0 Å². The van der Waals surface area contributed by atoms with Crippen molar-refractivity contribution in [3.8, 4) is 5.75 Å². The Morgan fingerprint density at radius 1 is 1.47 bits per heavy atom. The van der Waals surface area contributed by atoms with Crippen molar-refractivity contribution in [3.05, 3.63) is 29.8 Å². The second-order valence-electron chi connectivity index (χ2n) is 2.94. The first-order chi connectivity index (χ1) is 7.13. The van der Waals surface area contributed by atoms with Crippen LogP contribution in [0.5, 0.6) is 5.75 Å². The number of carbonyl (C=O) groups excluding carboxylic acids is 2. The Morgan fingerprint density at radius 2 is 2.20 bits per heavy atom. The number of rotatable bonds is 4. The first kappa shape index (κ1) is 11.2. The molecule has 0 aliphatic heterocycles. The molecule has 80 valence electrons. The first-order valence-electron chi connectivity index (χ1n) is 4.36. The quantitative estimate of drug-likeness (QED) is 0.322. The van der Waals surface area contributed by atoms with Gasteiger partial charge in [-0.3, -0.25) is 15.0 Å². The van der Waals surface area contributed by atoms with Crippen LogP contribution >= 0.6 is 0 Å². The Balaban J connectivity index is 2.66. The third-order valence-corrected chi connectivity index (χ3v) is 1.77. The van der Waals surface area contributed by atoms with E-state index in [-0.39, 0.29) is 12.4 Å². The molecule has 0 bridgehead atoms. The molecule has 5 nitrogen and oxygen atoms in total. The number of hydrogen-bond donors (Lipinski definition) is 2. The van der Waals surface area contributed by atoms with E-state index in [0.717, 1.165) is 0 Å². The van der Waals surface area contributed by atoms with Gasteiger partial charge in [-0.2, -0.15) is 0 Å². The van der Waals surface area contributed by atoms with Crippen LogP contribution < -0.4 is 16.0 Å². The smallest absolute Gasteiger partial charge is 0.271 e. The van der Waals surface area contributed by atoms with Crippen molar-refractivity contribution in [2.45, 2.75) is 6.92 Å². The Morgan fingerprint density at radius 3 is 2.80 bits per heavy atom. The van der Waals surface area contributed by atoms with Crippen LogP contribution in [0.25, 0.3) is 0 Å². The molecule has 0 aromatic heterocycles. The van der Waals surface area contributed by atoms with Gasteiger partial charge in [-0.25, -0.2) is 5.84 Å². The maximum absolute atomic E-state index is 11.0. The SMILES string of the molecule is CC(=O)c1cccc(OCC(=O)NN)c1. The predicted octanol–water partition coefficient (Wildman–Crippen LogP) is 0.258. The molecule has 0 spiro atoms. The maximum atomic E-state index is 11.0. The Bertz CT molecular complexity index is 377. The van der Waals surface area contributed by atoms with Crippen molar-refractivity contribution >= 4 is 11.7 Å². The van der Waals surface area contributed by atoms with Crippen molar-refractivity contribution in [1.82, 2.24) is 5.43 Å². The van der Waals surface area contributed by atoms with Crippen LogP contribution in [0.4, 0.5) is 0 Å². The average Bonchev–Trinajstić information content (AvgIpc) is 2.26. The van der Waals surface area contributed by atoms with Crippen molar-refractivity contribution in [2.24, 2.45) is 5.84 Å². The number of nitrogens with two attached hydrogens (primary N) is 1. The molecule has 1 aromatic rings. The molecule has 0 saturated carbocycles. The fourth-order valence-electron chi connectivity index (χ4n) is 0.995. The number of benzene rings is 1. The van der Waals surface area contributed by atoms with Gasteiger partial charge in [0.25, 0.3) is 5.91 Å². The Kier molecular flexibility index (Phi) is 3.82. The van der Waals surface area contributed by atoms with E-state index in [0.29, 0.717) is 11.3 Å². The monoisotopic (exact) mass is 208 g/mol.